The molecule has 2 N–H and O–H groups in total. The topological polar surface area (TPSA) is 36.0 Å². The number of nitrogens with one attached hydrogen (secondary N) is 1. The molecule has 1 spiro atoms. The normalized spacial score (nSPS) is 32.1. The van der Waals surface area contributed by atoms with E-state index in [-0.39, 0.29) is 5.41 Å². The van der Waals surface area contributed by atoms with E-state index >= 15 is 0 Å². The molecule has 0 bridgehead atoms. The molecule has 0 aromatic carbocycles. The minimum Gasteiger partial charge on any atom is -0.389 e. The van der Waals surface area contributed by atoms with Gasteiger partial charge in [-0.1, -0.05) is 19.3 Å². The van der Waals surface area contributed by atoms with Crippen LogP contribution in [0.5, 0.6) is 0 Å². The fourth-order valence-corrected chi connectivity index (χ4v) is 4.23. The average molecular weight is 233 g/mol. The van der Waals surface area contributed by atoms with Crippen molar-refractivity contribution < 1.29 is 5.11 Å². The minimum absolute atomic E-state index is 0.232. The second-order valence-electron chi connectivity index (χ2n) is 6.10. The van der Waals surface area contributed by atoms with Gasteiger partial charge in [0.15, 0.2) is 0 Å². The Labute approximate surface area is 103 Å². The first-order chi connectivity index (χ1) is 8.24. The zero-order chi connectivity index (χ0) is 11.8. The molecule has 2 heteroatoms. The first-order valence-electron chi connectivity index (χ1n) is 7.09. The van der Waals surface area contributed by atoms with E-state index < -0.39 is 5.60 Å². The highest BCUT2D eigenvalue weighted by atomic mass is 16.3. The van der Waals surface area contributed by atoms with E-state index in [0.29, 0.717) is 0 Å². The molecule has 2 nitrogen and oxygen atoms in total. The highest BCUT2D eigenvalue weighted by molar-refractivity contribution is 5.14. The number of aromatic amines is 1. The van der Waals surface area contributed by atoms with Crippen LogP contribution in [0.4, 0.5) is 0 Å². The van der Waals surface area contributed by atoms with Crippen molar-refractivity contribution in [2.45, 2.75) is 63.4 Å². The first-order valence-corrected chi connectivity index (χ1v) is 7.09. The van der Waals surface area contributed by atoms with E-state index in [9.17, 15) is 5.11 Å². The molecular weight excluding hydrogens is 210 g/mol. The lowest BCUT2D eigenvalue weighted by atomic mass is 9.63. The molecule has 94 valence electrons. The summed E-state index contributed by atoms with van der Waals surface area (Å²) in [6.07, 6.45) is 12.7. The molecule has 0 radical (unpaired) electrons. The molecule has 3 rings (SSSR count). The van der Waals surface area contributed by atoms with Gasteiger partial charge in [-0.05, 0) is 49.7 Å². The van der Waals surface area contributed by atoms with E-state index in [0.717, 1.165) is 12.8 Å². The van der Waals surface area contributed by atoms with Gasteiger partial charge in [0.05, 0.1) is 5.60 Å². The van der Waals surface area contributed by atoms with Crippen LogP contribution in [0.3, 0.4) is 0 Å². The highest BCUT2D eigenvalue weighted by Gasteiger charge is 2.53. The molecule has 0 aliphatic heterocycles. The van der Waals surface area contributed by atoms with Crippen molar-refractivity contribution in [1.82, 2.24) is 4.98 Å². The average Bonchev–Trinajstić information content (AvgIpc) is 2.91. The highest BCUT2D eigenvalue weighted by Crippen LogP contribution is 2.56. The fourth-order valence-electron chi connectivity index (χ4n) is 4.23. The smallest absolute Gasteiger partial charge is 0.0758 e. The maximum atomic E-state index is 11.1. The van der Waals surface area contributed by atoms with Gasteiger partial charge < -0.3 is 10.1 Å². The molecule has 2 aliphatic rings. The van der Waals surface area contributed by atoms with Gasteiger partial charge in [-0.15, -0.1) is 0 Å². The van der Waals surface area contributed by atoms with Gasteiger partial charge in [-0.3, -0.25) is 0 Å². The predicted molar refractivity (Wildman–Crippen MR) is 68.8 cm³/mol. The quantitative estimate of drug-likeness (QED) is 0.806. The van der Waals surface area contributed by atoms with Crippen molar-refractivity contribution in [2.75, 3.05) is 0 Å². The van der Waals surface area contributed by atoms with Gasteiger partial charge >= 0.3 is 0 Å². The second-order valence-corrected chi connectivity index (χ2v) is 6.10. The molecule has 2 saturated carbocycles. The van der Waals surface area contributed by atoms with Crippen LogP contribution < -0.4 is 0 Å². The van der Waals surface area contributed by atoms with Crippen LogP contribution in [0.25, 0.3) is 0 Å². The van der Waals surface area contributed by atoms with Crippen LogP contribution in [-0.4, -0.2) is 15.7 Å². The van der Waals surface area contributed by atoms with Gasteiger partial charge in [-0.2, -0.15) is 0 Å². The van der Waals surface area contributed by atoms with Gasteiger partial charge in [-0.25, -0.2) is 0 Å². The van der Waals surface area contributed by atoms with E-state index in [1.54, 1.807) is 0 Å². The zero-order valence-corrected chi connectivity index (χ0v) is 10.5. The number of rotatable bonds is 2. The molecule has 1 heterocycles. The van der Waals surface area contributed by atoms with Crippen molar-refractivity contribution in [3.63, 3.8) is 0 Å². The molecule has 1 aromatic heterocycles. The third kappa shape index (κ3) is 1.83. The Morgan fingerprint density at radius 1 is 1.06 bits per heavy atom. The third-order valence-electron chi connectivity index (χ3n) is 5.19. The van der Waals surface area contributed by atoms with Crippen molar-refractivity contribution in [3.05, 3.63) is 24.0 Å². The summed E-state index contributed by atoms with van der Waals surface area (Å²) in [7, 11) is 0. The van der Waals surface area contributed by atoms with Gasteiger partial charge in [0.1, 0.15) is 0 Å². The number of aliphatic hydroxyl groups is 1. The third-order valence-corrected chi connectivity index (χ3v) is 5.19. The molecule has 17 heavy (non-hydrogen) atoms. The van der Waals surface area contributed by atoms with Crippen molar-refractivity contribution in [3.8, 4) is 0 Å². The molecule has 1 aromatic rings. The van der Waals surface area contributed by atoms with Crippen LogP contribution in [0.1, 0.15) is 57.1 Å². The molecule has 0 saturated heterocycles. The second kappa shape index (κ2) is 4.16. The number of H-pyrrole nitrogens is 1. The van der Waals surface area contributed by atoms with E-state index in [1.165, 1.54) is 50.6 Å². The van der Waals surface area contributed by atoms with Crippen molar-refractivity contribution in [1.29, 1.82) is 0 Å². The summed E-state index contributed by atoms with van der Waals surface area (Å²) in [6, 6.07) is 4.13. The summed E-state index contributed by atoms with van der Waals surface area (Å²) in [5, 5.41) is 11.1. The lowest BCUT2D eigenvalue weighted by Gasteiger charge is -2.45. The molecule has 2 aliphatic carbocycles. The molecule has 0 amide bonds. The summed E-state index contributed by atoms with van der Waals surface area (Å²) >= 11 is 0. The molecule has 2 fully saturated rings. The number of hydrogen-bond donors (Lipinski definition) is 2. The SMILES string of the molecule is OC1(Cc2ccc[nH]2)CCCC12CCCCC2. The number of hydrogen-bond acceptors (Lipinski definition) is 1. The Balaban J connectivity index is 1.83. The van der Waals surface area contributed by atoms with Gasteiger partial charge in [0, 0.05) is 18.3 Å². The first kappa shape index (κ1) is 11.3. The molecule has 1 unspecified atom stereocenters. The number of aromatic nitrogens is 1. The summed E-state index contributed by atoms with van der Waals surface area (Å²) in [6.45, 7) is 0. The zero-order valence-electron chi connectivity index (χ0n) is 10.5. The largest absolute Gasteiger partial charge is 0.389 e. The van der Waals surface area contributed by atoms with E-state index in [1.807, 2.05) is 12.3 Å². The van der Waals surface area contributed by atoms with E-state index in [4.69, 9.17) is 0 Å². The lowest BCUT2D eigenvalue weighted by molar-refractivity contribution is -0.0804. The minimum atomic E-state index is -0.446. The lowest BCUT2D eigenvalue weighted by Crippen LogP contribution is -2.47. The van der Waals surface area contributed by atoms with Gasteiger partial charge in [0.2, 0.25) is 0 Å². The fraction of sp³-hybridized carbons (Fsp3) is 0.733. The van der Waals surface area contributed by atoms with Crippen LogP contribution in [0.15, 0.2) is 18.3 Å². The summed E-state index contributed by atoms with van der Waals surface area (Å²) in [5.74, 6) is 0. The maximum absolute atomic E-state index is 11.1. The summed E-state index contributed by atoms with van der Waals surface area (Å²) < 4.78 is 0. The molecule has 1 atom stereocenters. The Bertz CT molecular complexity index is 364. The maximum Gasteiger partial charge on any atom is 0.0758 e. The Kier molecular flexibility index (Phi) is 2.78. The van der Waals surface area contributed by atoms with Crippen molar-refractivity contribution >= 4 is 0 Å². The summed E-state index contributed by atoms with van der Waals surface area (Å²) in [4.78, 5) is 3.25. The van der Waals surface area contributed by atoms with Crippen LogP contribution in [0, 0.1) is 5.41 Å². The Morgan fingerprint density at radius 2 is 1.82 bits per heavy atom. The Morgan fingerprint density at radius 3 is 2.53 bits per heavy atom. The van der Waals surface area contributed by atoms with Crippen LogP contribution in [0.2, 0.25) is 0 Å². The van der Waals surface area contributed by atoms with E-state index in [2.05, 4.69) is 11.1 Å². The van der Waals surface area contributed by atoms with Crippen molar-refractivity contribution in [2.24, 2.45) is 5.41 Å². The van der Waals surface area contributed by atoms with Crippen LogP contribution in [-0.2, 0) is 6.42 Å². The molecular formula is C15H23NO. The predicted octanol–water partition coefficient (Wildman–Crippen LogP) is 3.42. The van der Waals surface area contributed by atoms with Crippen LogP contribution >= 0.6 is 0 Å². The monoisotopic (exact) mass is 233 g/mol. The summed E-state index contributed by atoms with van der Waals surface area (Å²) in [5.41, 5.74) is 0.980. The Hall–Kier alpha value is -0.760. The van der Waals surface area contributed by atoms with Gasteiger partial charge in [0.25, 0.3) is 0 Å². The standard InChI is InChI=1S/C15H23NO/c17-15(12-13-6-4-11-16-13)10-5-9-14(15)7-2-1-3-8-14/h4,6,11,16-17H,1-3,5,7-10,12H2.